The molecule has 0 bridgehead atoms. The van der Waals surface area contributed by atoms with E-state index in [4.69, 9.17) is 21.4 Å². The van der Waals surface area contributed by atoms with E-state index in [1.807, 2.05) is 36.4 Å². The summed E-state index contributed by atoms with van der Waals surface area (Å²) in [6.07, 6.45) is 2.74. The van der Waals surface area contributed by atoms with Gasteiger partial charge in [-0.2, -0.15) is 0 Å². The molecule has 2 atom stereocenters. The van der Waals surface area contributed by atoms with Gasteiger partial charge in [0.1, 0.15) is 23.4 Å². The summed E-state index contributed by atoms with van der Waals surface area (Å²) in [4.78, 5) is 9.17. The third kappa shape index (κ3) is 5.02. The molecular weight excluding hydrogens is 519 g/mol. The average molecular weight is 545 g/mol. The topological polar surface area (TPSA) is 53.8 Å². The lowest BCUT2D eigenvalue weighted by atomic mass is 10.0. The van der Waals surface area contributed by atoms with Crippen molar-refractivity contribution in [3.63, 3.8) is 0 Å². The van der Waals surface area contributed by atoms with Gasteiger partial charge in [0.05, 0.1) is 30.5 Å². The number of benzene rings is 1. The fourth-order valence-electron chi connectivity index (χ4n) is 4.59. The summed E-state index contributed by atoms with van der Waals surface area (Å²) in [7, 11) is 0. The Morgan fingerprint density at radius 2 is 1.97 bits per heavy atom. The Labute approximate surface area is 212 Å². The van der Waals surface area contributed by atoms with Crippen LogP contribution in [0.25, 0.3) is 11.3 Å². The SMILES string of the molecule is Fc1cc(Br)ccc1-c1ccc([C@@H]2[C@@H](c3ccccn3)NC(=S)N2CCCN2CCOCC2)o1. The first-order valence-electron chi connectivity index (χ1n) is 11.4. The number of pyridine rings is 1. The van der Waals surface area contributed by atoms with E-state index in [1.165, 1.54) is 6.07 Å². The van der Waals surface area contributed by atoms with Crippen LogP contribution in [0.1, 0.15) is 30.0 Å². The molecule has 0 spiro atoms. The van der Waals surface area contributed by atoms with Crippen LogP contribution in [0, 0.1) is 5.82 Å². The predicted octanol–water partition coefficient (Wildman–Crippen LogP) is 4.94. The summed E-state index contributed by atoms with van der Waals surface area (Å²) in [5.41, 5.74) is 1.31. The number of ether oxygens (including phenoxy) is 1. The van der Waals surface area contributed by atoms with Gasteiger partial charge < -0.3 is 19.4 Å². The molecule has 1 N–H and O–H groups in total. The first-order valence-corrected chi connectivity index (χ1v) is 12.6. The molecule has 2 aliphatic heterocycles. The molecule has 0 amide bonds. The van der Waals surface area contributed by atoms with Crippen molar-refractivity contribution in [1.29, 1.82) is 0 Å². The van der Waals surface area contributed by atoms with Gasteiger partial charge in [0, 0.05) is 36.8 Å². The first-order chi connectivity index (χ1) is 16.6. The van der Waals surface area contributed by atoms with E-state index in [1.54, 1.807) is 12.3 Å². The molecule has 2 aliphatic rings. The summed E-state index contributed by atoms with van der Waals surface area (Å²) in [5.74, 6) is 0.886. The average Bonchev–Trinajstić information content (AvgIpc) is 3.45. The van der Waals surface area contributed by atoms with E-state index >= 15 is 0 Å². The molecule has 1 aromatic carbocycles. The zero-order valence-corrected chi connectivity index (χ0v) is 21.0. The standard InChI is InChI=1S/C25H26BrFN4O2S/c26-17-5-6-18(19(27)16-17)21-7-8-22(33-21)24-23(20-4-1-2-9-28-20)29-25(34)31(24)11-3-10-30-12-14-32-15-13-30/h1-2,4-9,16,23-24H,3,10-15H2,(H,29,34)/t23-,24-/m1/s1. The molecule has 3 aromatic rings. The molecule has 9 heteroatoms. The monoisotopic (exact) mass is 544 g/mol. The largest absolute Gasteiger partial charge is 0.459 e. The fourth-order valence-corrected chi connectivity index (χ4v) is 5.26. The minimum Gasteiger partial charge on any atom is -0.459 e. The molecular formula is C25H26BrFN4O2S. The molecule has 34 heavy (non-hydrogen) atoms. The van der Waals surface area contributed by atoms with Crippen molar-refractivity contribution in [3.05, 3.63) is 76.5 Å². The second-order valence-electron chi connectivity index (χ2n) is 8.45. The minimum absolute atomic E-state index is 0.161. The molecule has 5 rings (SSSR count). The molecule has 0 aliphatic carbocycles. The van der Waals surface area contributed by atoms with Gasteiger partial charge in [-0.1, -0.05) is 22.0 Å². The highest BCUT2D eigenvalue weighted by molar-refractivity contribution is 9.10. The number of aromatic nitrogens is 1. The third-order valence-electron chi connectivity index (χ3n) is 6.29. The van der Waals surface area contributed by atoms with Crippen LogP contribution in [0.2, 0.25) is 0 Å². The Bertz CT molecular complexity index is 1140. The Hall–Kier alpha value is -2.33. The molecule has 4 heterocycles. The predicted molar refractivity (Wildman–Crippen MR) is 136 cm³/mol. The van der Waals surface area contributed by atoms with Crippen LogP contribution in [-0.4, -0.2) is 59.3 Å². The van der Waals surface area contributed by atoms with Gasteiger partial charge in [0.25, 0.3) is 0 Å². The van der Waals surface area contributed by atoms with E-state index in [2.05, 4.69) is 36.0 Å². The fraction of sp³-hybridized carbons (Fsp3) is 0.360. The molecule has 0 radical (unpaired) electrons. The number of halogens is 2. The quantitative estimate of drug-likeness (QED) is 0.423. The zero-order valence-electron chi connectivity index (χ0n) is 18.6. The number of nitrogens with one attached hydrogen (secondary N) is 1. The van der Waals surface area contributed by atoms with Crippen LogP contribution >= 0.6 is 28.1 Å². The summed E-state index contributed by atoms with van der Waals surface area (Å²) in [5, 5.41) is 4.12. The van der Waals surface area contributed by atoms with Gasteiger partial charge in [-0.15, -0.1) is 0 Å². The van der Waals surface area contributed by atoms with Gasteiger partial charge in [0.15, 0.2) is 5.11 Å². The molecule has 2 saturated heterocycles. The summed E-state index contributed by atoms with van der Waals surface area (Å²) < 4.78 is 27.0. The lowest BCUT2D eigenvalue weighted by Gasteiger charge is -2.29. The van der Waals surface area contributed by atoms with Crippen molar-refractivity contribution in [2.75, 3.05) is 39.4 Å². The maximum absolute atomic E-state index is 14.6. The van der Waals surface area contributed by atoms with Crippen molar-refractivity contribution in [1.82, 2.24) is 20.1 Å². The molecule has 6 nitrogen and oxygen atoms in total. The summed E-state index contributed by atoms with van der Waals surface area (Å²) in [6.45, 7) is 5.26. The Morgan fingerprint density at radius 3 is 2.74 bits per heavy atom. The highest BCUT2D eigenvalue weighted by Gasteiger charge is 2.41. The Morgan fingerprint density at radius 1 is 1.12 bits per heavy atom. The second-order valence-corrected chi connectivity index (χ2v) is 9.76. The number of hydrogen-bond acceptors (Lipinski definition) is 5. The van der Waals surface area contributed by atoms with Gasteiger partial charge in [0.2, 0.25) is 0 Å². The summed E-state index contributed by atoms with van der Waals surface area (Å²) >= 11 is 9.06. The van der Waals surface area contributed by atoms with Gasteiger partial charge in [-0.25, -0.2) is 4.39 Å². The van der Waals surface area contributed by atoms with Crippen molar-refractivity contribution in [2.45, 2.75) is 18.5 Å². The molecule has 178 valence electrons. The van der Waals surface area contributed by atoms with Crippen molar-refractivity contribution >= 4 is 33.3 Å². The number of nitrogens with zero attached hydrogens (tertiary/aromatic N) is 3. The normalized spacial score (nSPS) is 21.1. The third-order valence-corrected chi connectivity index (χ3v) is 7.14. The molecule has 0 unspecified atom stereocenters. The maximum atomic E-state index is 14.6. The number of hydrogen-bond donors (Lipinski definition) is 1. The van der Waals surface area contributed by atoms with Crippen molar-refractivity contribution in [2.24, 2.45) is 0 Å². The lowest BCUT2D eigenvalue weighted by Crippen LogP contribution is -2.38. The Balaban J connectivity index is 1.41. The van der Waals surface area contributed by atoms with Crippen LogP contribution < -0.4 is 5.32 Å². The van der Waals surface area contributed by atoms with Gasteiger partial charge in [-0.3, -0.25) is 9.88 Å². The van der Waals surface area contributed by atoms with Crippen LogP contribution in [0.3, 0.4) is 0 Å². The highest BCUT2D eigenvalue weighted by atomic mass is 79.9. The van der Waals surface area contributed by atoms with Crippen LogP contribution in [0.4, 0.5) is 4.39 Å². The van der Waals surface area contributed by atoms with Crippen LogP contribution in [0.5, 0.6) is 0 Å². The zero-order chi connectivity index (χ0) is 23.5. The smallest absolute Gasteiger partial charge is 0.170 e. The van der Waals surface area contributed by atoms with Gasteiger partial charge >= 0.3 is 0 Å². The van der Waals surface area contributed by atoms with Crippen LogP contribution in [0.15, 0.2) is 63.6 Å². The van der Waals surface area contributed by atoms with Gasteiger partial charge in [-0.05, 0) is 61.1 Å². The summed E-state index contributed by atoms with van der Waals surface area (Å²) in [6, 6.07) is 14.2. The van der Waals surface area contributed by atoms with E-state index in [9.17, 15) is 4.39 Å². The highest BCUT2D eigenvalue weighted by Crippen LogP contribution is 2.40. The lowest BCUT2D eigenvalue weighted by molar-refractivity contribution is 0.0365. The minimum atomic E-state index is -0.334. The number of furan rings is 1. The maximum Gasteiger partial charge on any atom is 0.170 e. The van der Waals surface area contributed by atoms with E-state index in [0.29, 0.717) is 20.9 Å². The van der Waals surface area contributed by atoms with Crippen LogP contribution in [-0.2, 0) is 4.74 Å². The van der Waals surface area contributed by atoms with E-state index in [-0.39, 0.29) is 17.9 Å². The molecule has 0 saturated carbocycles. The van der Waals surface area contributed by atoms with Crippen molar-refractivity contribution < 1.29 is 13.5 Å². The number of thiocarbonyl (C=S) groups is 1. The Kier molecular flexibility index (Phi) is 7.24. The van der Waals surface area contributed by atoms with Crippen molar-refractivity contribution in [3.8, 4) is 11.3 Å². The molecule has 2 aromatic heterocycles. The van der Waals surface area contributed by atoms with E-state index < -0.39 is 0 Å². The first kappa shape index (κ1) is 23.4. The number of rotatable bonds is 7. The second kappa shape index (κ2) is 10.5. The molecule has 2 fully saturated rings. The number of morpholine rings is 1. The van der Waals surface area contributed by atoms with E-state index in [0.717, 1.165) is 57.3 Å².